The zero-order valence-electron chi connectivity index (χ0n) is 14.5. The number of hydrogen-bond donors (Lipinski definition) is 1. The molecule has 1 atom stereocenters. The number of benzene rings is 2. The number of H-pyrrole nitrogens is 1. The van der Waals surface area contributed by atoms with E-state index in [1.807, 2.05) is 30.3 Å². The number of nitrogens with zero attached hydrogens (tertiary/aromatic N) is 2. The van der Waals surface area contributed by atoms with Crippen LogP contribution in [0.5, 0.6) is 0 Å². The van der Waals surface area contributed by atoms with E-state index in [0.29, 0.717) is 18.1 Å². The average molecular weight is 389 g/mol. The van der Waals surface area contributed by atoms with Crippen LogP contribution >= 0.6 is 11.8 Å². The number of rotatable bonds is 7. The quantitative estimate of drug-likeness (QED) is 0.496. The van der Waals surface area contributed by atoms with Crippen molar-refractivity contribution in [3.63, 3.8) is 0 Å². The zero-order valence-corrected chi connectivity index (χ0v) is 15.3. The fourth-order valence-corrected chi connectivity index (χ4v) is 3.53. The first kappa shape index (κ1) is 19.0. The van der Waals surface area contributed by atoms with E-state index >= 15 is 0 Å². The number of Topliss-reactive ketones (excluding diaryl/α,β-unsaturated/α-hetero) is 1. The highest BCUT2D eigenvalue weighted by Gasteiger charge is 2.21. The lowest BCUT2D eigenvalue weighted by molar-refractivity contribution is 0.0993. The van der Waals surface area contributed by atoms with Crippen LogP contribution < -0.4 is 5.69 Å². The number of thioether (sulfide) groups is 1. The van der Waals surface area contributed by atoms with Crippen molar-refractivity contribution in [3.05, 3.63) is 81.8 Å². The SMILES string of the molecule is CC(Sc1n[nH]c(=O)n1CCc1ccccc1)C(=O)c1ccc(F)c(F)c1. The zero-order chi connectivity index (χ0) is 19.4. The molecular weight excluding hydrogens is 372 g/mol. The Hall–Kier alpha value is -2.74. The van der Waals surface area contributed by atoms with Crippen LogP contribution in [0.1, 0.15) is 22.8 Å². The summed E-state index contributed by atoms with van der Waals surface area (Å²) in [5.41, 5.74) is 0.788. The molecular formula is C19H17F2N3O2S. The van der Waals surface area contributed by atoms with Gasteiger partial charge in [-0.25, -0.2) is 18.7 Å². The molecule has 0 amide bonds. The standard InChI is InChI=1S/C19H17F2N3O2S/c1-12(17(25)14-7-8-15(20)16(21)11-14)27-19-23-22-18(26)24(19)10-9-13-5-3-2-4-6-13/h2-8,11-12H,9-10H2,1H3,(H,22,26). The highest BCUT2D eigenvalue weighted by molar-refractivity contribution is 8.00. The van der Waals surface area contributed by atoms with E-state index in [0.717, 1.165) is 29.5 Å². The Balaban J connectivity index is 1.72. The number of hydrogen-bond acceptors (Lipinski definition) is 4. The topological polar surface area (TPSA) is 67.8 Å². The molecule has 1 unspecified atom stereocenters. The fourth-order valence-electron chi connectivity index (χ4n) is 2.57. The largest absolute Gasteiger partial charge is 0.343 e. The summed E-state index contributed by atoms with van der Waals surface area (Å²) in [4.78, 5) is 24.5. The van der Waals surface area contributed by atoms with Crippen molar-refractivity contribution < 1.29 is 13.6 Å². The molecule has 0 aliphatic rings. The molecule has 2 aromatic carbocycles. The molecule has 140 valence electrons. The number of aryl methyl sites for hydroxylation is 1. The van der Waals surface area contributed by atoms with E-state index in [2.05, 4.69) is 10.2 Å². The maximum absolute atomic E-state index is 13.4. The first-order chi connectivity index (χ1) is 13.0. The molecule has 3 aromatic rings. The molecule has 0 aliphatic carbocycles. The van der Waals surface area contributed by atoms with Crippen molar-refractivity contribution in [1.82, 2.24) is 14.8 Å². The van der Waals surface area contributed by atoms with E-state index in [-0.39, 0.29) is 17.0 Å². The van der Waals surface area contributed by atoms with Crippen molar-refractivity contribution >= 4 is 17.5 Å². The lowest BCUT2D eigenvalue weighted by Gasteiger charge is -2.11. The first-order valence-corrected chi connectivity index (χ1v) is 9.18. The van der Waals surface area contributed by atoms with Crippen LogP contribution in [-0.2, 0) is 13.0 Å². The second-order valence-electron chi connectivity index (χ2n) is 5.95. The van der Waals surface area contributed by atoms with Crippen LogP contribution in [0, 0.1) is 11.6 Å². The van der Waals surface area contributed by atoms with Gasteiger partial charge in [0.1, 0.15) is 0 Å². The van der Waals surface area contributed by atoms with Gasteiger partial charge in [0, 0.05) is 12.1 Å². The normalized spacial score (nSPS) is 12.1. The Morgan fingerprint density at radius 1 is 1.19 bits per heavy atom. The number of carbonyl (C=O) groups is 1. The molecule has 0 spiro atoms. The van der Waals surface area contributed by atoms with Gasteiger partial charge in [-0.15, -0.1) is 5.10 Å². The minimum Gasteiger partial charge on any atom is -0.293 e. The summed E-state index contributed by atoms with van der Waals surface area (Å²) >= 11 is 1.09. The minimum absolute atomic E-state index is 0.0719. The predicted molar refractivity (Wildman–Crippen MR) is 99.0 cm³/mol. The van der Waals surface area contributed by atoms with Crippen molar-refractivity contribution in [2.75, 3.05) is 0 Å². The molecule has 27 heavy (non-hydrogen) atoms. The third-order valence-electron chi connectivity index (χ3n) is 4.05. The molecule has 1 heterocycles. The number of aromatic nitrogens is 3. The predicted octanol–water partition coefficient (Wildman–Crippen LogP) is 3.46. The maximum Gasteiger partial charge on any atom is 0.343 e. The van der Waals surface area contributed by atoms with Gasteiger partial charge in [-0.05, 0) is 37.1 Å². The van der Waals surface area contributed by atoms with Crippen LogP contribution in [0.2, 0.25) is 0 Å². The van der Waals surface area contributed by atoms with Gasteiger partial charge in [0.15, 0.2) is 22.6 Å². The molecule has 5 nitrogen and oxygen atoms in total. The van der Waals surface area contributed by atoms with Crippen LogP contribution in [0.3, 0.4) is 0 Å². The van der Waals surface area contributed by atoms with Crippen molar-refractivity contribution in [2.45, 2.75) is 30.3 Å². The summed E-state index contributed by atoms with van der Waals surface area (Å²) in [6.45, 7) is 2.04. The van der Waals surface area contributed by atoms with Gasteiger partial charge in [-0.1, -0.05) is 42.1 Å². The molecule has 0 saturated carbocycles. The van der Waals surface area contributed by atoms with E-state index in [9.17, 15) is 18.4 Å². The first-order valence-electron chi connectivity index (χ1n) is 8.30. The Morgan fingerprint density at radius 3 is 2.63 bits per heavy atom. The second kappa shape index (κ2) is 8.30. The Kier molecular flexibility index (Phi) is 5.85. The van der Waals surface area contributed by atoms with E-state index < -0.39 is 16.9 Å². The van der Waals surface area contributed by atoms with Gasteiger partial charge < -0.3 is 0 Å². The maximum atomic E-state index is 13.4. The molecule has 0 radical (unpaired) electrons. The molecule has 8 heteroatoms. The number of carbonyl (C=O) groups excluding carboxylic acids is 1. The Labute approximate surface area is 158 Å². The highest BCUT2D eigenvalue weighted by Crippen LogP contribution is 2.24. The van der Waals surface area contributed by atoms with Gasteiger partial charge in [-0.2, -0.15) is 0 Å². The summed E-state index contributed by atoms with van der Waals surface area (Å²) in [6.07, 6.45) is 0.638. The smallest absolute Gasteiger partial charge is 0.293 e. The molecule has 0 aliphatic heterocycles. The number of ketones is 1. The molecule has 0 saturated heterocycles. The third kappa shape index (κ3) is 4.51. The molecule has 0 fully saturated rings. The van der Waals surface area contributed by atoms with Crippen molar-refractivity contribution in [1.29, 1.82) is 0 Å². The van der Waals surface area contributed by atoms with Crippen molar-refractivity contribution in [2.24, 2.45) is 0 Å². The van der Waals surface area contributed by atoms with Gasteiger partial charge in [-0.3, -0.25) is 9.36 Å². The average Bonchev–Trinajstić information content (AvgIpc) is 3.02. The third-order valence-corrected chi connectivity index (χ3v) is 5.14. The highest BCUT2D eigenvalue weighted by atomic mass is 32.2. The van der Waals surface area contributed by atoms with Crippen LogP contribution in [0.4, 0.5) is 8.78 Å². The Morgan fingerprint density at radius 2 is 1.93 bits per heavy atom. The lowest BCUT2D eigenvalue weighted by atomic mass is 10.1. The number of nitrogens with one attached hydrogen (secondary N) is 1. The lowest BCUT2D eigenvalue weighted by Crippen LogP contribution is -2.20. The summed E-state index contributed by atoms with van der Waals surface area (Å²) in [7, 11) is 0. The van der Waals surface area contributed by atoms with Crippen LogP contribution in [0.25, 0.3) is 0 Å². The molecule has 3 rings (SSSR count). The van der Waals surface area contributed by atoms with Gasteiger partial charge in [0.05, 0.1) is 5.25 Å². The van der Waals surface area contributed by atoms with E-state index in [1.54, 1.807) is 6.92 Å². The molecule has 1 N–H and O–H groups in total. The fraction of sp³-hybridized carbons (Fsp3) is 0.211. The Bertz CT molecular complexity index is 1000. The van der Waals surface area contributed by atoms with E-state index in [4.69, 9.17) is 0 Å². The van der Waals surface area contributed by atoms with Crippen LogP contribution in [-0.4, -0.2) is 25.8 Å². The summed E-state index contributed by atoms with van der Waals surface area (Å²) in [5, 5.41) is 6.12. The van der Waals surface area contributed by atoms with Gasteiger partial charge in [0.25, 0.3) is 0 Å². The van der Waals surface area contributed by atoms with Crippen molar-refractivity contribution in [3.8, 4) is 0 Å². The summed E-state index contributed by atoms with van der Waals surface area (Å²) in [6, 6.07) is 12.7. The van der Waals surface area contributed by atoms with E-state index in [1.165, 1.54) is 10.6 Å². The van der Waals surface area contributed by atoms with Gasteiger partial charge in [0.2, 0.25) is 0 Å². The number of halogens is 2. The van der Waals surface area contributed by atoms with Crippen LogP contribution in [0.15, 0.2) is 58.5 Å². The molecule has 0 bridgehead atoms. The second-order valence-corrected chi connectivity index (χ2v) is 7.26. The monoisotopic (exact) mass is 389 g/mol. The number of aromatic amines is 1. The minimum atomic E-state index is -1.07. The molecule has 1 aromatic heterocycles. The van der Waals surface area contributed by atoms with Gasteiger partial charge >= 0.3 is 5.69 Å². The summed E-state index contributed by atoms with van der Waals surface area (Å²) in [5.74, 6) is -2.45. The summed E-state index contributed by atoms with van der Waals surface area (Å²) < 4.78 is 27.9.